The van der Waals surface area contributed by atoms with Crippen molar-refractivity contribution in [3.8, 4) is 0 Å². The first-order valence-corrected chi connectivity index (χ1v) is 9.40. The summed E-state index contributed by atoms with van der Waals surface area (Å²) in [7, 11) is 0. The van der Waals surface area contributed by atoms with Crippen molar-refractivity contribution < 1.29 is 4.79 Å². The molecular weight excluding hydrogens is 338 g/mol. The van der Waals surface area contributed by atoms with Gasteiger partial charge in [0.2, 0.25) is 0 Å². The van der Waals surface area contributed by atoms with Crippen LogP contribution in [0.1, 0.15) is 28.8 Å². The summed E-state index contributed by atoms with van der Waals surface area (Å²) in [5.41, 5.74) is 1.90. The molecule has 0 spiro atoms. The highest BCUT2D eigenvalue weighted by atomic mass is 16.1. The SMILES string of the molecule is Cc1ccc(C(=O)C2CCN(Cn3ncc4ccccc4c3=O)CC2)cc1. The van der Waals surface area contributed by atoms with Gasteiger partial charge in [0.25, 0.3) is 5.56 Å². The average molecular weight is 361 g/mol. The lowest BCUT2D eigenvalue weighted by molar-refractivity contribution is 0.0802. The molecule has 5 heteroatoms. The Balaban J connectivity index is 1.41. The second kappa shape index (κ2) is 7.45. The number of ketones is 1. The predicted octanol–water partition coefficient (Wildman–Crippen LogP) is 3.26. The van der Waals surface area contributed by atoms with Crippen molar-refractivity contribution in [2.24, 2.45) is 5.92 Å². The van der Waals surface area contributed by atoms with Crippen LogP contribution < -0.4 is 5.56 Å². The molecule has 0 bridgehead atoms. The van der Waals surface area contributed by atoms with E-state index >= 15 is 0 Å². The lowest BCUT2D eigenvalue weighted by atomic mass is 9.89. The third kappa shape index (κ3) is 3.69. The number of benzene rings is 2. The van der Waals surface area contributed by atoms with Crippen LogP contribution >= 0.6 is 0 Å². The summed E-state index contributed by atoms with van der Waals surface area (Å²) < 4.78 is 1.52. The van der Waals surface area contributed by atoms with Crippen molar-refractivity contribution in [1.82, 2.24) is 14.7 Å². The summed E-state index contributed by atoms with van der Waals surface area (Å²) >= 11 is 0. The zero-order valence-electron chi connectivity index (χ0n) is 15.5. The van der Waals surface area contributed by atoms with Crippen LogP contribution in [0.2, 0.25) is 0 Å². The highest BCUT2D eigenvalue weighted by molar-refractivity contribution is 5.97. The number of carbonyl (C=O) groups excluding carboxylic acids is 1. The third-order valence-corrected chi connectivity index (χ3v) is 5.39. The molecule has 3 aromatic rings. The smallest absolute Gasteiger partial charge is 0.275 e. The van der Waals surface area contributed by atoms with Crippen molar-refractivity contribution >= 4 is 16.6 Å². The van der Waals surface area contributed by atoms with Gasteiger partial charge >= 0.3 is 0 Å². The molecule has 138 valence electrons. The number of aryl methyl sites for hydroxylation is 1. The molecular formula is C22H23N3O2. The molecule has 0 N–H and O–H groups in total. The summed E-state index contributed by atoms with van der Waals surface area (Å²) in [6.07, 6.45) is 3.37. The zero-order chi connectivity index (χ0) is 18.8. The van der Waals surface area contributed by atoms with Gasteiger partial charge in [-0.25, -0.2) is 4.68 Å². The van der Waals surface area contributed by atoms with Gasteiger partial charge in [-0.2, -0.15) is 5.10 Å². The number of hydrogen-bond acceptors (Lipinski definition) is 4. The van der Waals surface area contributed by atoms with E-state index in [-0.39, 0.29) is 17.3 Å². The summed E-state index contributed by atoms with van der Waals surface area (Å²) in [5.74, 6) is 0.292. The predicted molar refractivity (Wildman–Crippen MR) is 106 cm³/mol. The van der Waals surface area contributed by atoms with E-state index in [1.165, 1.54) is 4.68 Å². The van der Waals surface area contributed by atoms with Gasteiger partial charge in [-0.05, 0) is 25.8 Å². The maximum atomic E-state index is 12.7. The number of aromatic nitrogens is 2. The molecule has 1 aliphatic rings. The normalized spacial score (nSPS) is 15.9. The van der Waals surface area contributed by atoms with Crippen LogP contribution in [0.15, 0.2) is 59.5 Å². The van der Waals surface area contributed by atoms with Crippen LogP contribution in [-0.4, -0.2) is 33.6 Å². The van der Waals surface area contributed by atoms with Crippen molar-refractivity contribution in [3.63, 3.8) is 0 Å². The summed E-state index contributed by atoms with van der Waals surface area (Å²) in [6.45, 7) is 4.08. The summed E-state index contributed by atoms with van der Waals surface area (Å²) in [4.78, 5) is 27.5. The van der Waals surface area contributed by atoms with Gasteiger partial charge in [0.15, 0.2) is 5.78 Å². The Kier molecular flexibility index (Phi) is 4.86. The molecule has 27 heavy (non-hydrogen) atoms. The van der Waals surface area contributed by atoms with E-state index in [9.17, 15) is 9.59 Å². The minimum absolute atomic E-state index is 0.0604. The molecule has 1 aromatic heterocycles. The van der Waals surface area contributed by atoms with Crippen molar-refractivity contribution in [2.75, 3.05) is 13.1 Å². The Labute approximate surface area is 158 Å². The van der Waals surface area contributed by atoms with E-state index in [1.54, 1.807) is 6.20 Å². The summed E-state index contributed by atoms with van der Waals surface area (Å²) in [5, 5.41) is 5.86. The fraction of sp³-hybridized carbons (Fsp3) is 0.318. The van der Waals surface area contributed by atoms with Crippen LogP contribution in [0.4, 0.5) is 0 Å². The standard InChI is InChI=1S/C22H23N3O2/c1-16-6-8-17(9-7-16)21(26)18-10-12-24(13-11-18)15-25-22(27)20-5-3-2-4-19(20)14-23-25/h2-9,14,18H,10-13,15H2,1H3. The van der Waals surface area contributed by atoms with Crippen molar-refractivity contribution in [1.29, 1.82) is 0 Å². The van der Waals surface area contributed by atoms with Gasteiger partial charge in [-0.15, -0.1) is 0 Å². The number of rotatable bonds is 4. The molecule has 1 fully saturated rings. The average Bonchev–Trinajstić information content (AvgIpc) is 2.71. The van der Waals surface area contributed by atoms with Gasteiger partial charge < -0.3 is 0 Å². The molecule has 0 amide bonds. The Morgan fingerprint density at radius 3 is 2.52 bits per heavy atom. The molecule has 2 aromatic carbocycles. The fourth-order valence-electron chi connectivity index (χ4n) is 3.71. The second-order valence-corrected chi connectivity index (χ2v) is 7.30. The number of Topliss-reactive ketones (excluding diaryl/α,β-unsaturated/α-hetero) is 1. The number of carbonyl (C=O) groups is 1. The van der Waals surface area contributed by atoms with Gasteiger partial charge in [-0.1, -0.05) is 48.0 Å². The van der Waals surface area contributed by atoms with Crippen molar-refractivity contribution in [3.05, 3.63) is 76.2 Å². The second-order valence-electron chi connectivity index (χ2n) is 7.30. The molecule has 0 unspecified atom stereocenters. The van der Waals surface area contributed by atoms with Gasteiger partial charge in [0.1, 0.15) is 0 Å². The number of likely N-dealkylation sites (tertiary alicyclic amines) is 1. The third-order valence-electron chi connectivity index (χ3n) is 5.39. The Bertz CT molecular complexity index is 1020. The first kappa shape index (κ1) is 17.6. The van der Waals surface area contributed by atoms with E-state index in [4.69, 9.17) is 0 Å². The summed E-state index contributed by atoms with van der Waals surface area (Å²) in [6, 6.07) is 15.3. The molecule has 0 radical (unpaired) electrons. The Hall–Kier alpha value is -2.79. The van der Waals surface area contributed by atoms with Crippen LogP contribution in [-0.2, 0) is 6.67 Å². The molecule has 0 atom stereocenters. The lowest BCUT2D eigenvalue weighted by Gasteiger charge is -2.31. The number of hydrogen-bond donors (Lipinski definition) is 0. The van der Waals surface area contributed by atoms with Gasteiger partial charge in [0, 0.05) is 30.0 Å². The highest BCUT2D eigenvalue weighted by Gasteiger charge is 2.26. The minimum Gasteiger partial charge on any atom is -0.294 e. The molecule has 5 nitrogen and oxygen atoms in total. The topological polar surface area (TPSA) is 55.2 Å². The van der Waals surface area contributed by atoms with Gasteiger partial charge in [-0.3, -0.25) is 14.5 Å². The first-order valence-electron chi connectivity index (χ1n) is 9.40. The maximum Gasteiger partial charge on any atom is 0.275 e. The molecule has 2 heterocycles. The largest absolute Gasteiger partial charge is 0.294 e. The van der Waals surface area contributed by atoms with Gasteiger partial charge in [0.05, 0.1) is 18.3 Å². The number of piperidine rings is 1. The molecule has 0 saturated carbocycles. The Morgan fingerprint density at radius 1 is 1.07 bits per heavy atom. The fourth-order valence-corrected chi connectivity index (χ4v) is 3.71. The lowest BCUT2D eigenvalue weighted by Crippen LogP contribution is -2.40. The van der Waals surface area contributed by atoms with E-state index in [0.29, 0.717) is 12.1 Å². The van der Waals surface area contributed by atoms with Crippen LogP contribution in [0.25, 0.3) is 10.8 Å². The van der Waals surface area contributed by atoms with Crippen molar-refractivity contribution in [2.45, 2.75) is 26.4 Å². The minimum atomic E-state index is -0.0639. The Morgan fingerprint density at radius 2 is 1.78 bits per heavy atom. The molecule has 1 aliphatic heterocycles. The quantitative estimate of drug-likeness (QED) is 0.670. The van der Waals surface area contributed by atoms with Crippen LogP contribution in [0, 0.1) is 12.8 Å². The van der Waals surface area contributed by atoms with E-state index < -0.39 is 0 Å². The van der Waals surface area contributed by atoms with E-state index in [2.05, 4.69) is 10.00 Å². The number of nitrogens with zero attached hydrogens (tertiary/aromatic N) is 3. The van der Waals surface area contributed by atoms with Crippen LogP contribution in [0.3, 0.4) is 0 Å². The van der Waals surface area contributed by atoms with E-state index in [1.807, 2.05) is 55.5 Å². The highest BCUT2D eigenvalue weighted by Crippen LogP contribution is 2.22. The maximum absolute atomic E-state index is 12.7. The van der Waals surface area contributed by atoms with Crippen LogP contribution in [0.5, 0.6) is 0 Å². The molecule has 1 saturated heterocycles. The monoisotopic (exact) mass is 361 g/mol. The molecule has 4 rings (SSSR count). The van der Waals surface area contributed by atoms with E-state index in [0.717, 1.165) is 42.4 Å². The molecule has 0 aliphatic carbocycles. The zero-order valence-corrected chi connectivity index (χ0v) is 15.5. The number of fused-ring (bicyclic) bond motifs is 1. The first-order chi connectivity index (χ1) is 13.1.